The van der Waals surface area contributed by atoms with Crippen molar-refractivity contribution in [2.45, 2.75) is 405 Å². The smallest absolute Gasteiger partial charge is 0.305 e. The van der Waals surface area contributed by atoms with Crippen molar-refractivity contribution in [3.63, 3.8) is 0 Å². The molecule has 446 valence electrons. The second kappa shape index (κ2) is 65.1. The van der Waals surface area contributed by atoms with Crippen LogP contribution in [0, 0.1) is 0 Å². The first-order valence-corrected chi connectivity index (χ1v) is 34.5. The molecule has 6 heteroatoms. The number of esters is 1. The molecular formula is C69H135NO5. The lowest BCUT2D eigenvalue weighted by atomic mass is 10.0. The monoisotopic (exact) mass is 1060 g/mol. The van der Waals surface area contributed by atoms with Gasteiger partial charge in [-0.15, -0.1) is 0 Å². The van der Waals surface area contributed by atoms with Gasteiger partial charge in [-0.2, -0.15) is 0 Å². The van der Waals surface area contributed by atoms with Crippen LogP contribution < -0.4 is 5.32 Å². The standard InChI is InChI=1S/C69H135NO5/c1-3-5-7-9-11-13-15-17-19-21-22-23-24-25-26-27-30-33-37-41-45-49-53-57-61-67(72)66(65-71)70-68(73)62-58-54-50-46-42-38-34-31-28-32-36-40-44-48-52-56-60-64-75-69(74)63-59-55-51-47-43-39-35-29-20-18-16-14-12-10-8-6-4-2/h57,61,66-67,71-72H,3-56,58-60,62-65H2,1-2H3,(H,70,73)/b61-57+. The topological polar surface area (TPSA) is 95.9 Å². The maximum atomic E-state index is 12.5. The maximum Gasteiger partial charge on any atom is 0.305 e. The van der Waals surface area contributed by atoms with Gasteiger partial charge in [-0.05, 0) is 32.1 Å². The maximum absolute atomic E-state index is 12.5. The summed E-state index contributed by atoms with van der Waals surface area (Å²) in [5, 5.41) is 23.3. The summed E-state index contributed by atoms with van der Waals surface area (Å²) >= 11 is 0. The molecule has 0 aliphatic rings. The van der Waals surface area contributed by atoms with Crippen molar-refractivity contribution in [3.05, 3.63) is 12.2 Å². The number of carbonyl (C=O) groups is 2. The third-order valence-electron chi connectivity index (χ3n) is 16.3. The molecule has 6 nitrogen and oxygen atoms in total. The van der Waals surface area contributed by atoms with Gasteiger partial charge >= 0.3 is 5.97 Å². The van der Waals surface area contributed by atoms with Crippen LogP contribution in [0.5, 0.6) is 0 Å². The molecule has 0 radical (unpaired) electrons. The number of allylic oxidation sites excluding steroid dienone is 1. The Morgan fingerprint density at radius 3 is 0.907 bits per heavy atom. The lowest BCUT2D eigenvalue weighted by Gasteiger charge is -2.20. The van der Waals surface area contributed by atoms with Gasteiger partial charge in [0, 0.05) is 12.8 Å². The minimum Gasteiger partial charge on any atom is -0.466 e. The number of unbranched alkanes of at least 4 members (excludes halogenated alkanes) is 54. The summed E-state index contributed by atoms with van der Waals surface area (Å²) in [7, 11) is 0. The van der Waals surface area contributed by atoms with Crippen LogP contribution in [0.1, 0.15) is 393 Å². The van der Waals surface area contributed by atoms with Crippen molar-refractivity contribution in [2.75, 3.05) is 13.2 Å². The van der Waals surface area contributed by atoms with Crippen LogP contribution >= 0.6 is 0 Å². The number of aliphatic hydroxyl groups excluding tert-OH is 2. The highest BCUT2D eigenvalue weighted by molar-refractivity contribution is 5.76. The number of hydrogen-bond acceptors (Lipinski definition) is 5. The van der Waals surface area contributed by atoms with E-state index in [-0.39, 0.29) is 18.5 Å². The van der Waals surface area contributed by atoms with Crippen LogP contribution in [0.15, 0.2) is 12.2 Å². The molecule has 0 saturated carbocycles. The van der Waals surface area contributed by atoms with Gasteiger partial charge in [0.2, 0.25) is 5.91 Å². The van der Waals surface area contributed by atoms with E-state index < -0.39 is 12.1 Å². The van der Waals surface area contributed by atoms with Gasteiger partial charge in [0.15, 0.2) is 0 Å². The Labute approximate surface area is 469 Å². The minimum absolute atomic E-state index is 0.00976. The van der Waals surface area contributed by atoms with E-state index >= 15 is 0 Å². The summed E-state index contributed by atoms with van der Waals surface area (Å²) in [4.78, 5) is 24.6. The molecule has 2 unspecified atom stereocenters. The average molecular weight is 1060 g/mol. The molecule has 0 aromatic rings. The molecule has 2 atom stereocenters. The van der Waals surface area contributed by atoms with Gasteiger partial charge in [-0.3, -0.25) is 9.59 Å². The van der Waals surface area contributed by atoms with Crippen LogP contribution in [0.2, 0.25) is 0 Å². The molecule has 75 heavy (non-hydrogen) atoms. The van der Waals surface area contributed by atoms with Crippen LogP contribution in [-0.2, 0) is 14.3 Å². The van der Waals surface area contributed by atoms with Crippen LogP contribution in [-0.4, -0.2) is 47.4 Å². The van der Waals surface area contributed by atoms with Crippen molar-refractivity contribution in [1.82, 2.24) is 5.32 Å². The number of rotatable bonds is 65. The molecule has 0 bridgehead atoms. The fourth-order valence-corrected chi connectivity index (χ4v) is 11.1. The second-order valence-corrected chi connectivity index (χ2v) is 23.9. The molecule has 3 N–H and O–H groups in total. The van der Waals surface area contributed by atoms with Crippen molar-refractivity contribution < 1.29 is 24.5 Å². The second-order valence-electron chi connectivity index (χ2n) is 23.9. The zero-order valence-corrected chi connectivity index (χ0v) is 51.1. The van der Waals surface area contributed by atoms with Crippen molar-refractivity contribution in [3.8, 4) is 0 Å². The van der Waals surface area contributed by atoms with Gasteiger partial charge in [0.05, 0.1) is 25.4 Å². The van der Waals surface area contributed by atoms with Crippen molar-refractivity contribution >= 4 is 11.9 Å². The van der Waals surface area contributed by atoms with Gasteiger partial charge < -0.3 is 20.3 Å². The van der Waals surface area contributed by atoms with E-state index in [1.165, 1.54) is 327 Å². The quantitative estimate of drug-likeness (QED) is 0.0320. The summed E-state index contributed by atoms with van der Waals surface area (Å²) < 4.78 is 5.50. The Bertz CT molecular complexity index is 1130. The molecule has 0 aliphatic heterocycles. The van der Waals surface area contributed by atoms with Gasteiger partial charge in [0.1, 0.15) is 0 Å². The van der Waals surface area contributed by atoms with E-state index in [9.17, 15) is 19.8 Å². The number of nitrogens with one attached hydrogen (secondary N) is 1. The van der Waals surface area contributed by atoms with E-state index in [4.69, 9.17) is 4.74 Å². The zero-order valence-electron chi connectivity index (χ0n) is 51.1. The number of ether oxygens (including phenoxy) is 1. The lowest BCUT2D eigenvalue weighted by molar-refractivity contribution is -0.143. The fraction of sp³-hybridized carbons (Fsp3) is 0.942. The normalized spacial score (nSPS) is 12.5. The Morgan fingerprint density at radius 1 is 0.360 bits per heavy atom. The molecule has 0 aliphatic carbocycles. The number of aliphatic hydroxyl groups is 2. The number of hydrogen-bond donors (Lipinski definition) is 3. The molecule has 0 saturated heterocycles. The Hall–Kier alpha value is -1.40. The van der Waals surface area contributed by atoms with E-state index in [0.717, 1.165) is 38.5 Å². The summed E-state index contributed by atoms with van der Waals surface area (Å²) in [5.74, 6) is -0.0584. The molecule has 0 aromatic heterocycles. The minimum atomic E-state index is -0.849. The predicted molar refractivity (Wildman–Crippen MR) is 329 cm³/mol. The first kappa shape index (κ1) is 73.6. The molecule has 0 spiro atoms. The molecule has 0 heterocycles. The lowest BCUT2D eigenvalue weighted by Crippen LogP contribution is -2.45. The predicted octanol–water partition coefficient (Wildman–Crippen LogP) is 22.0. The highest BCUT2D eigenvalue weighted by atomic mass is 16.5. The Kier molecular flexibility index (Phi) is 63.9. The van der Waals surface area contributed by atoms with Gasteiger partial charge in [-0.25, -0.2) is 0 Å². The van der Waals surface area contributed by atoms with E-state index in [1.54, 1.807) is 6.08 Å². The average Bonchev–Trinajstić information content (AvgIpc) is 3.41. The largest absolute Gasteiger partial charge is 0.466 e. The molecule has 1 amide bonds. The zero-order chi connectivity index (χ0) is 54.3. The highest BCUT2D eigenvalue weighted by Crippen LogP contribution is 2.19. The number of amides is 1. The van der Waals surface area contributed by atoms with E-state index in [2.05, 4.69) is 19.2 Å². The molecule has 0 fully saturated rings. The van der Waals surface area contributed by atoms with E-state index in [0.29, 0.717) is 19.4 Å². The first-order valence-electron chi connectivity index (χ1n) is 34.5. The molecule has 0 rings (SSSR count). The SMILES string of the molecule is CCCCCCCCCCCCCCCCCCCCCCCC/C=C/C(O)C(CO)NC(=O)CCCCCCCCCCCCCCCCCCCOC(=O)CCCCCCCCCCCCCCCCCCC. The van der Waals surface area contributed by atoms with Crippen molar-refractivity contribution in [2.24, 2.45) is 0 Å². The van der Waals surface area contributed by atoms with Crippen molar-refractivity contribution in [1.29, 1.82) is 0 Å². The van der Waals surface area contributed by atoms with Crippen LogP contribution in [0.4, 0.5) is 0 Å². The van der Waals surface area contributed by atoms with Crippen LogP contribution in [0.3, 0.4) is 0 Å². The summed E-state index contributed by atoms with van der Waals surface area (Å²) in [5.41, 5.74) is 0. The number of carbonyl (C=O) groups excluding carboxylic acids is 2. The Morgan fingerprint density at radius 2 is 0.613 bits per heavy atom. The third kappa shape index (κ3) is 61.7. The first-order chi connectivity index (χ1) is 37.0. The highest BCUT2D eigenvalue weighted by Gasteiger charge is 2.18. The third-order valence-corrected chi connectivity index (χ3v) is 16.3. The van der Waals surface area contributed by atoms with Crippen LogP contribution in [0.25, 0.3) is 0 Å². The summed E-state index contributed by atoms with van der Waals surface area (Å²) in [6.07, 6.45) is 79.9. The Balaban J connectivity index is 3.42. The van der Waals surface area contributed by atoms with Gasteiger partial charge in [0.25, 0.3) is 0 Å². The summed E-state index contributed by atoms with van der Waals surface area (Å²) in [6.45, 7) is 4.94. The molecule has 0 aromatic carbocycles. The van der Waals surface area contributed by atoms with E-state index in [1.807, 2.05) is 6.08 Å². The molecular weight excluding hydrogens is 923 g/mol. The fourth-order valence-electron chi connectivity index (χ4n) is 11.1. The summed E-state index contributed by atoms with van der Waals surface area (Å²) in [6, 6.07) is -0.633. The van der Waals surface area contributed by atoms with Gasteiger partial charge in [-0.1, -0.05) is 360 Å².